The van der Waals surface area contributed by atoms with Gasteiger partial charge in [-0.15, -0.1) is 0 Å². The Morgan fingerprint density at radius 3 is 1.76 bits per heavy atom. The highest BCUT2D eigenvalue weighted by atomic mass is 16.2. The van der Waals surface area contributed by atoms with Crippen LogP contribution in [0.5, 0.6) is 0 Å². The third-order valence-corrected chi connectivity index (χ3v) is 5.54. The van der Waals surface area contributed by atoms with Crippen LogP contribution in [0.2, 0.25) is 0 Å². The molecule has 0 unspecified atom stereocenters. The lowest BCUT2D eigenvalue weighted by molar-refractivity contribution is -0.157. The van der Waals surface area contributed by atoms with Crippen molar-refractivity contribution in [3.63, 3.8) is 0 Å². The van der Waals surface area contributed by atoms with Crippen molar-refractivity contribution >= 4 is 5.91 Å². The molecule has 4 aliphatic carbocycles. The summed E-state index contributed by atoms with van der Waals surface area (Å²) in [6.07, 6.45) is 7.87. The van der Waals surface area contributed by atoms with Gasteiger partial charge in [-0.25, -0.2) is 0 Å². The number of rotatable bonds is 3. The van der Waals surface area contributed by atoms with Crippen molar-refractivity contribution in [1.82, 2.24) is 4.90 Å². The average Bonchev–Trinajstić information content (AvgIpc) is 2.28. The minimum absolute atomic E-state index is 0.0702. The van der Waals surface area contributed by atoms with E-state index in [2.05, 4.69) is 18.7 Å². The highest BCUT2D eigenvalue weighted by molar-refractivity contribution is 5.83. The van der Waals surface area contributed by atoms with Crippen molar-refractivity contribution < 1.29 is 4.79 Å². The molecular weight excluding hydrogens is 210 g/mol. The smallest absolute Gasteiger partial charge is 0.228 e. The highest BCUT2D eigenvalue weighted by Crippen LogP contribution is 2.60. The van der Waals surface area contributed by atoms with Gasteiger partial charge in [0, 0.05) is 13.1 Å². The summed E-state index contributed by atoms with van der Waals surface area (Å²) in [4.78, 5) is 14.9. The van der Waals surface area contributed by atoms with Crippen LogP contribution in [0, 0.1) is 23.2 Å². The molecule has 0 saturated heterocycles. The van der Waals surface area contributed by atoms with E-state index >= 15 is 0 Å². The van der Waals surface area contributed by atoms with Crippen molar-refractivity contribution in [2.45, 2.75) is 52.4 Å². The molecule has 0 N–H and O–H groups in total. The second-order valence-electron chi connectivity index (χ2n) is 6.68. The summed E-state index contributed by atoms with van der Waals surface area (Å²) in [5.41, 5.74) is 0.0702. The molecule has 0 aliphatic heterocycles. The molecule has 0 heterocycles. The van der Waals surface area contributed by atoms with Crippen LogP contribution in [0.1, 0.15) is 52.4 Å². The van der Waals surface area contributed by atoms with Crippen molar-refractivity contribution in [2.24, 2.45) is 23.2 Å². The molecule has 96 valence electrons. The van der Waals surface area contributed by atoms with Crippen molar-refractivity contribution in [1.29, 1.82) is 0 Å². The number of amides is 1. The van der Waals surface area contributed by atoms with Gasteiger partial charge in [-0.05, 0) is 70.1 Å². The van der Waals surface area contributed by atoms with E-state index < -0.39 is 0 Å². The fraction of sp³-hybridized carbons (Fsp3) is 0.933. The van der Waals surface area contributed by atoms with Crippen molar-refractivity contribution in [2.75, 3.05) is 13.1 Å². The molecule has 0 atom stereocenters. The molecule has 1 amide bonds. The van der Waals surface area contributed by atoms with E-state index in [0.717, 1.165) is 30.8 Å². The van der Waals surface area contributed by atoms with Gasteiger partial charge in [-0.3, -0.25) is 4.79 Å². The van der Waals surface area contributed by atoms with Crippen LogP contribution in [-0.4, -0.2) is 23.9 Å². The molecule has 0 aromatic carbocycles. The topological polar surface area (TPSA) is 20.3 Å². The van der Waals surface area contributed by atoms with Gasteiger partial charge in [0.05, 0.1) is 5.41 Å². The largest absolute Gasteiger partial charge is 0.343 e. The first kappa shape index (κ1) is 11.6. The van der Waals surface area contributed by atoms with Gasteiger partial charge >= 0.3 is 0 Å². The first-order chi connectivity index (χ1) is 8.16. The average molecular weight is 235 g/mol. The lowest BCUT2D eigenvalue weighted by atomic mass is 9.49. The van der Waals surface area contributed by atoms with Gasteiger partial charge in [0.15, 0.2) is 0 Å². The predicted molar refractivity (Wildman–Crippen MR) is 68.5 cm³/mol. The summed E-state index contributed by atoms with van der Waals surface area (Å²) in [7, 11) is 0. The Kier molecular flexibility index (Phi) is 2.72. The SMILES string of the molecule is CCN(CC)C(=O)C12CC3CC(CC(C3)C1)C2. The van der Waals surface area contributed by atoms with Gasteiger partial charge < -0.3 is 4.90 Å². The van der Waals surface area contributed by atoms with E-state index in [0.29, 0.717) is 5.91 Å². The van der Waals surface area contributed by atoms with Crippen LogP contribution >= 0.6 is 0 Å². The van der Waals surface area contributed by atoms with Gasteiger partial charge in [0.2, 0.25) is 5.91 Å². The first-order valence-electron chi connectivity index (χ1n) is 7.46. The molecule has 4 fully saturated rings. The highest BCUT2D eigenvalue weighted by Gasteiger charge is 2.55. The molecule has 17 heavy (non-hydrogen) atoms. The zero-order valence-electron chi connectivity index (χ0n) is 11.2. The lowest BCUT2D eigenvalue weighted by Crippen LogP contribution is -2.54. The fourth-order valence-electron chi connectivity index (χ4n) is 5.22. The van der Waals surface area contributed by atoms with Crippen LogP contribution in [-0.2, 0) is 4.79 Å². The third-order valence-electron chi connectivity index (χ3n) is 5.54. The molecular formula is C15H25NO. The fourth-order valence-corrected chi connectivity index (χ4v) is 5.22. The predicted octanol–water partition coefficient (Wildman–Crippen LogP) is 3.07. The molecule has 2 heteroatoms. The molecule has 4 bridgehead atoms. The van der Waals surface area contributed by atoms with Gasteiger partial charge in [-0.1, -0.05) is 0 Å². The molecule has 2 nitrogen and oxygen atoms in total. The van der Waals surface area contributed by atoms with E-state index in [1.165, 1.54) is 38.5 Å². The molecule has 0 aromatic heterocycles. The lowest BCUT2D eigenvalue weighted by Gasteiger charge is -2.56. The van der Waals surface area contributed by atoms with Crippen molar-refractivity contribution in [3.8, 4) is 0 Å². The second-order valence-corrected chi connectivity index (χ2v) is 6.68. The summed E-state index contributed by atoms with van der Waals surface area (Å²) in [6.45, 7) is 6.00. The summed E-state index contributed by atoms with van der Waals surface area (Å²) >= 11 is 0. The van der Waals surface area contributed by atoms with Gasteiger partial charge in [0.1, 0.15) is 0 Å². The molecule has 4 aliphatic rings. The van der Waals surface area contributed by atoms with Gasteiger partial charge in [-0.2, -0.15) is 0 Å². The Balaban J connectivity index is 1.84. The molecule has 0 radical (unpaired) electrons. The summed E-state index contributed by atoms with van der Waals surface area (Å²) < 4.78 is 0. The molecule has 0 aromatic rings. The van der Waals surface area contributed by atoms with Gasteiger partial charge in [0.25, 0.3) is 0 Å². The quantitative estimate of drug-likeness (QED) is 0.736. The van der Waals surface area contributed by atoms with Crippen LogP contribution in [0.3, 0.4) is 0 Å². The maximum atomic E-state index is 12.8. The van der Waals surface area contributed by atoms with E-state index in [9.17, 15) is 4.79 Å². The van der Waals surface area contributed by atoms with Crippen LogP contribution in [0.4, 0.5) is 0 Å². The summed E-state index contributed by atoms with van der Waals surface area (Å²) in [5.74, 6) is 3.11. The van der Waals surface area contributed by atoms with Crippen LogP contribution < -0.4 is 0 Å². The number of hydrogen-bond acceptors (Lipinski definition) is 1. The third kappa shape index (κ3) is 1.71. The maximum Gasteiger partial charge on any atom is 0.228 e. The van der Waals surface area contributed by atoms with E-state index in [4.69, 9.17) is 0 Å². The second kappa shape index (κ2) is 4.00. The van der Waals surface area contributed by atoms with E-state index in [1.54, 1.807) is 0 Å². The Bertz CT molecular complexity index is 284. The van der Waals surface area contributed by atoms with Crippen LogP contribution in [0.25, 0.3) is 0 Å². The number of hydrogen-bond donors (Lipinski definition) is 0. The maximum absolute atomic E-state index is 12.8. The van der Waals surface area contributed by atoms with E-state index in [1.807, 2.05) is 0 Å². The molecule has 4 rings (SSSR count). The van der Waals surface area contributed by atoms with Crippen molar-refractivity contribution in [3.05, 3.63) is 0 Å². The minimum atomic E-state index is 0.0702. The zero-order valence-corrected chi connectivity index (χ0v) is 11.2. The summed E-state index contributed by atoms with van der Waals surface area (Å²) in [5, 5.41) is 0. The molecule has 4 saturated carbocycles. The Hall–Kier alpha value is -0.530. The first-order valence-corrected chi connectivity index (χ1v) is 7.46. The minimum Gasteiger partial charge on any atom is -0.343 e. The normalized spacial score (nSPS) is 42.8. The Morgan fingerprint density at radius 1 is 1.00 bits per heavy atom. The number of nitrogens with zero attached hydrogens (tertiary/aromatic N) is 1. The zero-order chi connectivity index (χ0) is 12.0. The summed E-state index contributed by atoms with van der Waals surface area (Å²) in [6, 6.07) is 0. The number of carbonyl (C=O) groups is 1. The standard InChI is InChI=1S/C15H25NO/c1-3-16(4-2)14(17)15-8-11-5-12(9-15)7-13(6-11)10-15/h11-13H,3-10H2,1-2H3. The Morgan fingerprint density at radius 2 is 1.41 bits per heavy atom. The monoisotopic (exact) mass is 235 g/mol. The van der Waals surface area contributed by atoms with Crippen LogP contribution in [0.15, 0.2) is 0 Å². The Labute approximate surface area is 105 Å². The molecule has 0 spiro atoms. The van der Waals surface area contributed by atoms with E-state index in [-0.39, 0.29) is 5.41 Å². The number of carbonyl (C=O) groups excluding carboxylic acids is 1.